The van der Waals surface area contributed by atoms with Crippen LogP contribution in [0.5, 0.6) is 0 Å². The molecule has 2 aromatic carbocycles. The Morgan fingerprint density at radius 1 is 0.667 bits per heavy atom. The number of isocyanates is 2. The molecule has 6 heteroatoms. The van der Waals surface area contributed by atoms with Crippen LogP contribution in [0, 0.1) is 0 Å². The smallest absolute Gasteiger partial charge is 0.235 e. The number of hydrogen-bond donors (Lipinski definition) is 2. The minimum absolute atomic E-state index is 0.125. The van der Waals surface area contributed by atoms with Crippen LogP contribution in [0.1, 0.15) is 0 Å². The average Bonchev–Trinajstić information content (AvgIpc) is 2.67. The van der Waals surface area contributed by atoms with Gasteiger partial charge in [-0.05, 0) is 11.1 Å². The Labute approximate surface area is 140 Å². The summed E-state index contributed by atoms with van der Waals surface area (Å²) in [5.41, 5.74) is 2.55. The fraction of sp³-hybridized carbons (Fsp3) is 0.222. The number of aliphatic imine (C=N–C) groups is 2. The number of carbonyl (C=O) groups excluding carboxylic acids is 2. The van der Waals surface area contributed by atoms with Crippen molar-refractivity contribution in [3.8, 4) is 11.1 Å². The first-order valence-electron chi connectivity index (χ1n) is 7.19. The van der Waals surface area contributed by atoms with Crippen LogP contribution in [0.25, 0.3) is 11.1 Å². The molecule has 6 nitrogen and oxygen atoms in total. The average molecular weight is 328 g/mol. The van der Waals surface area contributed by atoms with Gasteiger partial charge in [0.2, 0.25) is 12.2 Å². The third-order valence-corrected chi connectivity index (χ3v) is 2.43. The second kappa shape index (κ2) is 16.5. The van der Waals surface area contributed by atoms with Crippen molar-refractivity contribution in [1.29, 1.82) is 0 Å². The molecule has 0 saturated carbocycles. The van der Waals surface area contributed by atoms with Gasteiger partial charge in [0.25, 0.3) is 0 Å². The Balaban J connectivity index is 0.000000384. The molecule has 0 aliphatic rings. The molecule has 0 amide bonds. The third-order valence-electron chi connectivity index (χ3n) is 2.43. The van der Waals surface area contributed by atoms with Crippen molar-refractivity contribution in [3.63, 3.8) is 0 Å². The first-order valence-corrected chi connectivity index (χ1v) is 7.19. The van der Waals surface area contributed by atoms with Crippen molar-refractivity contribution in [2.75, 3.05) is 26.3 Å². The predicted molar refractivity (Wildman–Crippen MR) is 92.0 cm³/mol. The van der Waals surface area contributed by atoms with Crippen molar-refractivity contribution in [2.24, 2.45) is 9.98 Å². The van der Waals surface area contributed by atoms with E-state index in [1.54, 1.807) is 0 Å². The van der Waals surface area contributed by atoms with Gasteiger partial charge in [-0.15, -0.1) is 0 Å². The summed E-state index contributed by atoms with van der Waals surface area (Å²) >= 11 is 0. The van der Waals surface area contributed by atoms with Gasteiger partial charge in [0, 0.05) is 0 Å². The van der Waals surface area contributed by atoms with Crippen LogP contribution in [0.15, 0.2) is 70.6 Å². The van der Waals surface area contributed by atoms with Crippen molar-refractivity contribution in [1.82, 2.24) is 0 Å². The number of hydrogen-bond acceptors (Lipinski definition) is 6. The molecule has 0 saturated heterocycles. The molecule has 0 aliphatic carbocycles. The molecule has 2 rings (SSSR count). The van der Waals surface area contributed by atoms with E-state index in [9.17, 15) is 9.59 Å². The van der Waals surface area contributed by atoms with Gasteiger partial charge in [-0.1, -0.05) is 60.7 Å². The number of nitrogens with zero attached hydrogens (tertiary/aromatic N) is 2. The summed E-state index contributed by atoms with van der Waals surface area (Å²) in [5, 5.41) is 15.2. The van der Waals surface area contributed by atoms with E-state index in [1.807, 2.05) is 12.1 Å². The van der Waals surface area contributed by atoms with Gasteiger partial charge in [-0.2, -0.15) is 0 Å². The minimum Gasteiger partial charge on any atom is -0.394 e. The quantitative estimate of drug-likeness (QED) is 0.498. The Bertz CT molecular complexity index is 562. The van der Waals surface area contributed by atoms with Gasteiger partial charge in [0.15, 0.2) is 0 Å². The summed E-state index contributed by atoms with van der Waals surface area (Å²) in [7, 11) is 0. The predicted octanol–water partition coefficient (Wildman–Crippen LogP) is 1.98. The Kier molecular flexibility index (Phi) is 14.5. The van der Waals surface area contributed by atoms with Gasteiger partial charge in [-0.25, -0.2) is 19.6 Å². The third kappa shape index (κ3) is 11.7. The summed E-state index contributed by atoms with van der Waals surface area (Å²) < 4.78 is 0. The van der Waals surface area contributed by atoms with Gasteiger partial charge in [0.1, 0.15) is 0 Å². The van der Waals surface area contributed by atoms with Gasteiger partial charge >= 0.3 is 0 Å². The highest BCUT2D eigenvalue weighted by molar-refractivity contribution is 5.62. The maximum Gasteiger partial charge on any atom is 0.235 e. The second-order valence-corrected chi connectivity index (χ2v) is 4.13. The van der Waals surface area contributed by atoms with E-state index in [0.29, 0.717) is 0 Å². The lowest BCUT2D eigenvalue weighted by Crippen LogP contribution is -1.85. The zero-order valence-electron chi connectivity index (χ0n) is 13.2. The topological polar surface area (TPSA) is 99.3 Å². The van der Waals surface area contributed by atoms with Crippen LogP contribution < -0.4 is 0 Å². The van der Waals surface area contributed by atoms with Crippen LogP contribution in [0.2, 0.25) is 0 Å². The fourth-order valence-electron chi connectivity index (χ4n) is 1.45. The van der Waals surface area contributed by atoms with Crippen molar-refractivity contribution < 1.29 is 19.8 Å². The monoisotopic (exact) mass is 328 g/mol. The van der Waals surface area contributed by atoms with Gasteiger partial charge in [0.05, 0.1) is 26.3 Å². The maximum atomic E-state index is 9.34. The van der Waals surface area contributed by atoms with Crippen molar-refractivity contribution in [2.45, 2.75) is 0 Å². The van der Waals surface area contributed by atoms with E-state index in [0.717, 1.165) is 0 Å². The summed E-state index contributed by atoms with van der Waals surface area (Å²) in [4.78, 5) is 24.9. The Morgan fingerprint density at radius 3 is 1.25 bits per heavy atom. The first-order chi connectivity index (χ1) is 11.8. The molecule has 24 heavy (non-hydrogen) atoms. The molecule has 2 N–H and O–H groups in total. The van der Waals surface area contributed by atoms with Gasteiger partial charge in [-0.3, -0.25) is 0 Å². The molecule has 0 fully saturated rings. The largest absolute Gasteiger partial charge is 0.394 e. The number of benzene rings is 2. The Morgan fingerprint density at radius 2 is 1.00 bits per heavy atom. The first kappa shape index (κ1) is 21.1. The van der Waals surface area contributed by atoms with Crippen LogP contribution in [0.4, 0.5) is 0 Å². The molecule has 0 radical (unpaired) electrons. The molecule has 126 valence electrons. The lowest BCUT2D eigenvalue weighted by molar-refractivity contribution is 0.186. The molecule has 0 atom stereocenters. The van der Waals surface area contributed by atoms with Crippen LogP contribution in [-0.2, 0) is 9.59 Å². The molecule has 0 heterocycles. The summed E-state index contributed by atoms with van der Waals surface area (Å²) in [5.74, 6) is 0. The molecule has 0 bridgehead atoms. The lowest BCUT2D eigenvalue weighted by atomic mass is 10.1. The lowest BCUT2D eigenvalue weighted by Gasteiger charge is -1.98. The second-order valence-electron chi connectivity index (χ2n) is 4.13. The van der Waals surface area contributed by atoms with Gasteiger partial charge < -0.3 is 10.2 Å². The van der Waals surface area contributed by atoms with E-state index >= 15 is 0 Å². The molecule has 0 spiro atoms. The van der Waals surface area contributed by atoms with Crippen LogP contribution >= 0.6 is 0 Å². The highest BCUT2D eigenvalue weighted by atomic mass is 16.3. The fourth-order valence-corrected chi connectivity index (χ4v) is 1.45. The highest BCUT2D eigenvalue weighted by Gasteiger charge is 1.91. The van der Waals surface area contributed by atoms with E-state index in [1.165, 1.54) is 23.3 Å². The zero-order valence-corrected chi connectivity index (χ0v) is 13.2. The summed E-state index contributed by atoms with van der Waals surface area (Å²) in [6, 6.07) is 20.8. The zero-order chi connectivity index (χ0) is 17.9. The molecule has 0 aromatic heterocycles. The normalized spacial score (nSPS) is 8.25. The van der Waals surface area contributed by atoms with E-state index in [2.05, 4.69) is 58.5 Å². The highest BCUT2D eigenvalue weighted by Crippen LogP contribution is 2.17. The molecular formula is C18H20N2O4. The van der Waals surface area contributed by atoms with E-state index in [-0.39, 0.29) is 26.3 Å². The van der Waals surface area contributed by atoms with Crippen molar-refractivity contribution in [3.05, 3.63) is 60.7 Å². The summed E-state index contributed by atoms with van der Waals surface area (Å²) in [6.07, 6.45) is 2.62. The van der Waals surface area contributed by atoms with Crippen LogP contribution in [0.3, 0.4) is 0 Å². The SMILES string of the molecule is O=C=NCCN=C=O.OCCO.c1ccc(-c2ccccc2)cc1. The molecular weight excluding hydrogens is 308 g/mol. The van der Waals surface area contributed by atoms with Crippen molar-refractivity contribution >= 4 is 12.2 Å². The molecule has 0 aliphatic heterocycles. The summed E-state index contributed by atoms with van der Waals surface area (Å²) in [6.45, 7) is 0.192. The molecule has 2 aromatic rings. The van der Waals surface area contributed by atoms with Crippen LogP contribution in [-0.4, -0.2) is 48.7 Å². The number of rotatable bonds is 5. The maximum absolute atomic E-state index is 9.34. The molecule has 0 unspecified atom stereocenters. The minimum atomic E-state index is -0.125. The standard InChI is InChI=1S/C12H10.C4H4N2O2.C2H6O2/c1-3-7-11(8-4-1)12-9-5-2-6-10-12;7-3-5-1-2-6-4-8;3-1-2-4/h1-10H;1-2H2;3-4H,1-2H2. The Hall–Kier alpha value is -2.88. The van der Waals surface area contributed by atoms with E-state index < -0.39 is 0 Å². The van der Waals surface area contributed by atoms with E-state index in [4.69, 9.17) is 10.2 Å². The number of aliphatic hydroxyl groups is 2. The number of aliphatic hydroxyl groups excluding tert-OH is 2.